The monoisotopic (exact) mass is 197 g/mol. The topological polar surface area (TPSA) is 70.2 Å². The van der Waals surface area contributed by atoms with E-state index >= 15 is 0 Å². The molecule has 78 valence electrons. The second kappa shape index (κ2) is 2.77. The van der Waals surface area contributed by atoms with Crippen LogP contribution in [0.2, 0.25) is 0 Å². The maximum absolute atomic E-state index is 11.7. The normalized spacial score (nSPS) is 36.1. The van der Waals surface area contributed by atoms with Gasteiger partial charge in [0.15, 0.2) is 0 Å². The van der Waals surface area contributed by atoms with Gasteiger partial charge in [-0.1, -0.05) is 0 Å². The summed E-state index contributed by atoms with van der Waals surface area (Å²) >= 11 is 0. The Balaban J connectivity index is 2.28. The smallest absolute Gasteiger partial charge is 0.248 e. The Kier molecular flexibility index (Phi) is 1.90. The zero-order valence-corrected chi connectivity index (χ0v) is 8.44. The molecule has 0 aromatic carbocycles. The number of piperazine rings is 1. The lowest BCUT2D eigenvalue weighted by atomic mass is 9.88. The molecule has 2 heterocycles. The molecule has 5 heteroatoms. The maximum atomic E-state index is 11.7. The van der Waals surface area contributed by atoms with Crippen molar-refractivity contribution in [3.63, 3.8) is 0 Å². The van der Waals surface area contributed by atoms with Crippen molar-refractivity contribution in [2.45, 2.75) is 31.3 Å². The first-order valence-corrected chi connectivity index (χ1v) is 4.82. The Morgan fingerprint density at radius 3 is 2.50 bits per heavy atom. The molecule has 2 aliphatic rings. The average molecular weight is 197 g/mol. The van der Waals surface area contributed by atoms with Crippen LogP contribution < -0.4 is 16.0 Å². The lowest BCUT2D eigenvalue weighted by Gasteiger charge is -2.41. The summed E-state index contributed by atoms with van der Waals surface area (Å²) < 4.78 is 0. The Morgan fingerprint density at radius 1 is 1.21 bits per heavy atom. The first-order chi connectivity index (χ1) is 6.46. The third-order valence-electron chi connectivity index (χ3n) is 2.94. The summed E-state index contributed by atoms with van der Waals surface area (Å²) in [6, 6.07) is 0. The van der Waals surface area contributed by atoms with Crippen molar-refractivity contribution in [1.82, 2.24) is 16.0 Å². The van der Waals surface area contributed by atoms with Gasteiger partial charge in [0.1, 0.15) is 5.54 Å². The molecule has 0 saturated carbocycles. The minimum atomic E-state index is -0.667. The highest BCUT2D eigenvalue weighted by Gasteiger charge is 2.51. The van der Waals surface area contributed by atoms with Crippen molar-refractivity contribution in [1.29, 1.82) is 0 Å². The minimum Gasteiger partial charge on any atom is -0.314 e. The molecule has 1 unspecified atom stereocenters. The van der Waals surface area contributed by atoms with Gasteiger partial charge < -0.3 is 5.32 Å². The molecular formula is C9H15N3O2. The van der Waals surface area contributed by atoms with E-state index in [1.165, 1.54) is 0 Å². The zero-order valence-electron chi connectivity index (χ0n) is 8.44. The highest BCUT2D eigenvalue weighted by atomic mass is 16.2. The Morgan fingerprint density at radius 2 is 1.93 bits per heavy atom. The third kappa shape index (κ3) is 1.24. The summed E-state index contributed by atoms with van der Waals surface area (Å²) in [5.74, 6) is -0.452. The Bertz CT molecular complexity index is 292. The van der Waals surface area contributed by atoms with Crippen LogP contribution in [0, 0.1) is 0 Å². The molecule has 0 aromatic heterocycles. The zero-order chi connectivity index (χ0) is 10.4. The van der Waals surface area contributed by atoms with E-state index < -0.39 is 11.1 Å². The number of carbonyl (C=O) groups excluding carboxylic acids is 2. The summed E-state index contributed by atoms with van der Waals surface area (Å²) in [4.78, 5) is 23.1. The van der Waals surface area contributed by atoms with Gasteiger partial charge in [-0.2, -0.15) is 0 Å². The highest BCUT2D eigenvalue weighted by Crippen LogP contribution is 2.23. The largest absolute Gasteiger partial charge is 0.314 e. The van der Waals surface area contributed by atoms with E-state index in [0.717, 1.165) is 13.0 Å². The number of hydrogen-bond acceptors (Lipinski definition) is 4. The second-order valence-corrected chi connectivity index (χ2v) is 4.54. The standard InChI is InChI=1S/C9H15N3O2/c1-8(2)6(13)11-7(14)9(12-8)3-4-10-5-9/h10,12H,3-5H2,1-2H3,(H,11,13,14). The molecule has 2 aliphatic heterocycles. The van der Waals surface area contributed by atoms with Gasteiger partial charge in [0, 0.05) is 6.54 Å². The van der Waals surface area contributed by atoms with Gasteiger partial charge >= 0.3 is 0 Å². The van der Waals surface area contributed by atoms with Crippen LogP contribution in [0.4, 0.5) is 0 Å². The molecule has 2 amide bonds. The third-order valence-corrected chi connectivity index (χ3v) is 2.94. The number of imide groups is 1. The predicted octanol–water partition coefficient (Wildman–Crippen LogP) is -1.26. The van der Waals surface area contributed by atoms with E-state index in [4.69, 9.17) is 0 Å². The molecule has 3 N–H and O–H groups in total. The van der Waals surface area contributed by atoms with Gasteiger partial charge in [-0.05, 0) is 26.8 Å². The van der Waals surface area contributed by atoms with Crippen molar-refractivity contribution < 1.29 is 9.59 Å². The van der Waals surface area contributed by atoms with Gasteiger partial charge in [0.2, 0.25) is 11.8 Å². The van der Waals surface area contributed by atoms with Crippen molar-refractivity contribution in [3.8, 4) is 0 Å². The fraction of sp³-hybridized carbons (Fsp3) is 0.778. The molecule has 0 radical (unpaired) electrons. The van der Waals surface area contributed by atoms with Crippen LogP contribution in [0.25, 0.3) is 0 Å². The highest BCUT2D eigenvalue weighted by molar-refractivity contribution is 6.06. The van der Waals surface area contributed by atoms with E-state index in [2.05, 4.69) is 16.0 Å². The van der Waals surface area contributed by atoms with Crippen LogP contribution in [-0.4, -0.2) is 36.0 Å². The predicted molar refractivity (Wildman–Crippen MR) is 50.6 cm³/mol. The van der Waals surface area contributed by atoms with Crippen LogP contribution >= 0.6 is 0 Å². The van der Waals surface area contributed by atoms with E-state index in [1.54, 1.807) is 13.8 Å². The van der Waals surface area contributed by atoms with Crippen LogP contribution in [0.15, 0.2) is 0 Å². The molecule has 2 saturated heterocycles. The molecule has 0 bridgehead atoms. The first kappa shape index (κ1) is 9.61. The van der Waals surface area contributed by atoms with Crippen LogP contribution in [0.3, 0.4) is 0 Å². The lowest BCUT2D eigenvalue weighted by Crippen LogP contribution is -2.74. The summed E-state index contributed by atoms with van der Waals surface area (Å²) in [5, 5.41) is 8.70. The Hall–Kier alpha value is -0.940. The van der Waals surface area contributed by atoms with Crippen molar-refractivity contribution in [2.24, 2.45) is 0 Å². The van der Waals surface area contributed by atoms with Crippen LogP contribution in [0.1, 0.15) is 20.3 Å². The number of hydrogen-bond donors (Lipinski definition) is 3. The van der Waals surface area contributed by atoms with Crippen LogP contribution in [-0.2, 0) is 9.59 Å². The van der Waals surface area contributed by atoms with Crippen molar-refractivity contribution >= 4 is 11.8 Å². The maximum Gasteiger partial charge on any atom is 0.248 e. The molecular weight excluding hydrogens is 182 g/mol. The summed E-state index contributed by atoms with van der Waals surface area (Å²) in [7, 11) is 0. The van der Waals surface area contributed by atoms with Crippen molar-refractivity contribution in [3.05, 3.63) is 0 Å². The van der Waals surface area contributed by atoms with Gasteiger partial charge in [0.05, 0.1) is 5.54 Å². The van der Waals surface area contributed by atoms with Gasteiger partial charge in [-0.15, -0.1) is 0 Å². The number of rotatable bonds is 0. The van der Waals surface area contributed by atoms with E-state index in [9.17, 15) is 9.59 Å². The molecule has 14 heavy (non-hydrogen) atoms. The summed E-state index contributed by atoms with van der Waals surface area (Å²) in [6.07, 6.45) is 0.732. The van der Waals surface area contributed by atoms with E-state index in [-0.39, 0.29) is 11.8 Å². The molecule has 1 atom stereocenters. The Labute approximate surface area is 82.6 Å². The summed E-state index contributed by atoms with van der Waals surface area (Å²) in [6.45, 7) is 4.98. The molecule has 2 fully saturated rings. The molecule has 5 nitrogen and oxygen atoms in total. The fourth-order valence-corrected chi connectivity index (χ4v) is 2.08. The van der Waals surface area contributed by atoms with Crippen LogP contribution in [0.5, 0.6) is 0 Å². The number of carbonyl (C=O) groups is 2. The first-order valence-electron chi connectivity index (χ1n) is 4.82. The molecule has 1 spiro atoms. The quantitative estimate of drug-likeness (QED) is 0.424. The minimum absolute atomic E-state index is 0.202. The average Bonchev–Trinajstić information content (AvgIpc) is 2.51. The molecule has 0 aromatic rings. The van der Waals surface area contributed by atoms with Crippen molar-refractivity contribution in [2.75, 3.05) is 13.1 Å². The molecule has 0 aliphatic carbocycles. The van der Waals surface area contributed by atoms with Gasteiger partial charge in [0.25, 0.3) is 0 Å². The fourth-order valence-electron chi connectivity index (χ4n) is 2.08. The number of nitrogens with one attached hydrogen (secondary N) is 3. The second-order valence-electron chi connectivity index (χ2n) is 4.54. The van der Waals surface area contributed by atoms with Gasteiger partial charge in [-0.3, -0.25) is 20.2 Å². The summed E-state index contributed by atoms with van der Waals surface area (Å²) in [5.41, 5.74) is -1.25. The number of amides is 2. The van der Waals surface area contributed by atoms with Gasteiger partial charge in [-0.25, -0.2) is 0 Å². The van der Waals surface area contributed by atoms with E-state index in [1.807, 2.05) is 0 Å². The molecule has 2 rings (SSSR count). The SMILES string of the molecule is CC1(C)NC2(CCNC2)C(=O)NC1=O. The lowest BCUT2D eigenvalue weighted by molar-refractivity contribution is -0.143. The van der Waals surface area contributed by atoms with E-state index in [0.29, 0.717) is 6.54 Å².